The molecule has 0 saturated carbocycles. The molecule has 0 bridgehead atoms. The van der Waals surface area contributed by atoms with Gasteiger partial charge in [-0.25, -0.2) is 9.37 Å². The van der Waals surface area contributed by atoms with Crippen LogP contribution in [0.25, 0.3) is 0 Å². The molecule has 1 amide bonds. The quantitative estimate of drug-likeness (QED) is 0.916. The zero-order chi connectivity index (χ0) is 17.1. The van der Waals surface area contributed by atoms with Crippen molar-refractivity contribution in [3.05, 3.63) is 53.4 Å². The number of nitrogens with zero attached hydrogens (tertiary/aromatic N) is 2. The number of fused-ring (bicyclic) bond motifs is 1. The van der Waals surface area contributed by atoms with E-state index in [9.17, 15) is 9.18 Å². The van der Waals surface area contributed by atoms with Gasteiger partial charge in [0.2, 0.25) is 0 Å². The van der Waals surface area contributed by atoms with E-state index in [-0.39, 0.29) is 30.5 Å². The van der Waals surface area contributed by atoms with Crippen molar-refractivity contribution in [1.29, 1.82) is 0 Å². The van der Waals surface area contributed by atoms with Crippen LogP contribution in [0.2, 0.25) is 0 Å². The molecule has 3 rings (SSSR count). The fourth-order valence-electron chi connectivity index (χ4n) is 2.84. The lowest BCUT2D eigenvalue weighted by molar-refractivity contribution is 0.0638. The number of imidazole rings is 1. The molecule has 2 heterocycles. The van der Waals surface area contributed by atoms with Crippen molar-refractivity contribution in [2.75, 3.05) is 0 Å². The Morgan fingerprint density at radius 1 is 1.50 bits per heavy atom. The number of nitrogens with one attached hydrogen (secondary N) is 1. The van der Waals surface area contributed by atoms with Gasteiger partial charge in [-0.15, -0.1) is 0 Å². The Kier molecular flexibility index (Phi) is 4.94. The Bertz CT molecular complexity index is 727. The Hall–Kier alpha value is -2.21. The van der Waals surface area contributed by atoms with Crippen LogP contribution in [-0.4, -0.2) is 27.6 Å². The summed E-state index contributed by atoms with van der Waals surface area (Å²) in [6, 6.07) is 4.45. The van der Waals surface area contributed by atoms with E-state index in [0.29, 0.717) is 17.7 Å². The van der Waals surface area contributed by atoms with Crippen molar-refractivity contribution in [3.8, 4) is 0 Å². The van der Waals surface area contributed by atoms with Gasteiger partial charge in [-0.05, 0) is 38.5 Å². The molecule has 6 heteroatoms. The molecule has 2 aromatic rings. The summed E-state index contributed by atoms with van der Waals surface area (Å²) in [4.78, 5) is 16.7. The smallest absolute Gasteiger partial charge is 0.251 e. The molecule has 0 radical (unpaired) electrons. The maximum Gasteiger partial charge on any atom is 0.251 e. The molecule has 1 aromatic heterocycles. The van der Waals surface area contributed by atoms with Crippen LogP contribution in [0.3, 0.4) is 0 Å². The maximum atomic E-state index is 13.8. The highest BCUT2D eigenvalue weighted by Gasteiger charge is 2.21. The molecule has 0 fully saturated rings. The highest BCUT2D eigenvalue weighted by molar-refractivity contribution is 5.94. The average molecular weight is 331 g/mol. The second-order valence-corrected chi connectivity index (χ2v) is 6.37. The van der Waals surface area contributed by atoms with Gasteiger partial charge in [0.25, 0.3) is 5.91 Å². The van der Waals surface area contributed by atoms with Gasteiger partial charge in [0, 0.05) is 42.5 Å². The lowest BCUT2D eigenvalue weighted by Crippen LogP contribution is -2.40. The fourth-order valence-corrected chi connectivity index (χ4v) is 2.84. The number of aryl methyl sites for hydroxylation is 1. The van der Waals surface area contributed by atoms with E-state index < -0.39 is 0 Å². The monoisotopic (exact) mass is 331 g/mol. The van der Waals surface area contributed by atoms with Gasteiger partial charge >= 0.3 is 0 Å². The van der Waals surface area contributed by atoms with Crippen molar-refractivity contribution in [3.63, 3.8) is 0 Å². The minimum atomic E-state index is -0.354. The minimum absolute atomic E-state index is 0.00787. The summed E-state index contributed by atoms with van der Waals surface area (Å²) in [6.45, 7) is 4.65. The summed E-state index contributed by atoms with van der Waals surface area (Å²) in [7, 11) is 0. The van der Waals surface area contributed by atoms with E-state index >= 15 is 0 Å². The number of aromatic nitrogens is 2. The summed E-state index contributed by atoms with van der Waals surface area (Å²) in [6.07, 6.45) is 5.41. The molecule has 1 atom stereocenters. The highest BCUT2D eigenvalue weighted by atomic mass is 19.1. The Balaban J connectivity index is 1.66. The highest BCUT2D eigenvalue weighted by Crippen LogP contribution is 2.16. The second kappa shape index (κ2) is 7.13. The topological polar surface area (TPSA) is 56.1 Å². The van der Waals surface area contributed by atoms with Crippen LogP contribution < -0.4 is 5.32 Å². The van der Waals surface area contributed by atoms with Gasteiger partial charge in [-0.3, -0.25) is 4.79 Å². The largest absolute Gasteiger partial charge is 0.374 e. The standard InChI is InChI=1S/C18H22FN3O2/c1-12(2)24-11-14-9-13(3-5-16(14)19)18(23)21-15-4-6-17-20-7-8-22(17)10-15/h3,5,7-9,12,15H,4,6,10-11H2,1-2H3,(H,21,23). The van der Waals surface area contributed by atoms with E-state index in [4.69, 9.17) is 4.74 Å². The molecule has 5 nitrogen and oxygen atoms in total. The van der Waals surface area contributed by atoms with Crippen molar-refractivity contribution in [2.24, 2.45) is 0 Å². The Morgan fingerprint density at radius 3 is 3.12 bits per heavy atom. The van der Waals surface area contributed by atoms with Gasteiger partial charge in [-0.1, -0.05) is 0 Å². The predicted molar refractivity (Wildman–Crippen MR) is 88.1 cm³/mol. The molecule has 1 aliphatic rings. The first kappa shape index (κ1) is 16.6. The third-order valence-electron chi connectivity index (χ3n) is 4.15. The van der Waals surface area contributed by atoms with Gasteiger partial charge in [0.05, 0.1) is 12.7 Å². The van der Waals surface area contributed by atoms with Gasteiger partial charge < -0.3 is 14.6 Å². The number of carbonyl (C=O) groups excluding carboxylic acids is 1. The van der Waals surface area contributed by atoms with E-state index in [0.717, 1.165) is 18.7 Å². The summed E-state index contributed by atoms with van der Waals surface area (Å²) in [5.41, 5.74) is 0.854. The van der Waals surface area contributed by atoms with Crippen LogP contribution in [0.15, 0.2) is 30.6 Å². The maximum absolute atomic E-state index is 13.8. The molecule has 24 heavy (non-hydrogen) atoms. The molecule has 0 saturated heterocycles. The molecule has 1 unspecified atom stereocenters. The van der Waals surface area contributed by atoms with Gasteiger partial charge in [0.15, 0.2) is 0 Å². The lowest BCUT2D eigenvalue weighted by Gasteiger charge is -2.24. The van der Waals surface area contributed by atoms with Crippen LogP contribution in [0.5, 0.6) is 0 Å². The summed E-state index contributed by atoms with van der Waals surface area (Å²) in [5, 5.41) is 3.03. The van der Waals surface area contributed by atoms with E-state index in [1.54, 1.807) is 12.3 Å². The number of halogens is 1. The molecule has 128 valence electrons. The normalized spacial score (nSPS) is 16.9. The number of amides is 1. The third-order valence-corrected chi connectivity index (χ3v) is 4.15. The van der Waals surface area contributed by atoms with E-state index in [1.165, 1.54) is 12.1 Å². The summed E-state index contributed by atoms with van der Waals surface area (Å²) < 4.78 is 21.3. The number of hydrogen-bond donors (Lipinski definition) is 1. The van der Waals surface area contributed by atoms with Crippen molar-refractivity contribution < 1.29 is 13.9 Å². The van der Waals surface area contributed by atoms with Crippen LogP contribution in [-0.2, 0) is 24.3 Å². The lowest BCUT2D eigenvalue weighted by atomic mass is 10.1. The number of rotatable bonds is 5. The zero-order valence-electron chi connectivity index (χ0n) is 14.0. The number of carbonyl (C=O) groups is 1. The summed E-state index contributed by atoms with van der Waals surface area (Å²) >= 11 is 0. The molecule has 0 spiro atoms. The van der Waals surface area contributed by atoms with Crippen LogP contribution in [0, 0.1) is 5.82 Å². The predicted octanol–water partition coefficient (Wildman–Crippen LogP) is 2.69. The number of hydrogen-bond acceptors (Lipinski definition) is 3. The van der Waals surface area contributed by atoms with Gasteiger partial charge in [0.1, 0.15) is 11.6 Å². The van der Waals surface area contributed by atoms with Crippen LogP contribution in [0.4, 0.5) is 4.39 Å². The molecular formula is C18H22FN3O2. The Labute approximate surface area is 140 Å². The Morgan fingerprint density at radius 2 is 2.33 bits per heavy atom. The number of ether oxygens (including phenoxy) is 1. The molecular weight excluding hydrogens is 309 g/mol. The van der Waals surface area contributed by atoms with Crippen molar-refractivity contribution in [2.45, 2.75) is 52.0 Å². The minimum Gasteiger partial charge on any atom is -0.374 e. The fraction of sp³-hybridized carbons (Fsp3) is 0.444. The van der Waals surface area contributed by atoms with E-state index in [1.807, 2.05) is 20.0 Å². The molecule has 1 N–H and O–H groups in total. The molecule has 1 aliphatic heterocycles. The first-order valence-electron chi connectivity index (χ1n) is 8.24. The zero-order valence-corrected chi connectivity index (χ0v) is 14.0. The van der Waals surface area contributed by atoms with Gasteiger partial charge in [-0.2, -0.15) is 0 Å². The third kappa shape index (κ3) is 3.82. The second-order valence-electron chi connectivity index (χ2n) is 6.37. The average Bonchev–Trinajstić information content (AvgIpc) is 3.01. The van der Waals surface area contributed by atoms with Crippen molar-refractivity contribution in [1.82, 2.24) is 14.9 Å². The first-order valence-corrected chi connectivity index (χ1v) is 8.24. The number of benzene rings is 1. The summed E-state index contributed by atoms with van der Waals surface area (Å²) in [5.74, 6) is 0.512. The molecule has 0 aliphatic carbocycles. The van der Waals surface area contributed by atoms with E-state index in [2.05, 4.69) is 14.9 Å². The van der Waals surface area contributed by atoms with Crippen molar-refractivity contribution >= 4 is 5.91 Å². The molecule has 1 aromatic carbocycles. The first-order chi connectivity index (χ1) is 11.5. The van der Waals surface area contributed by atoms with Crippen LogP contribution >= 0.6 is 0 Å². The SMILES string of the molecule is CC(C)OCc1cc(C(=O)NC2CCc3nccn3C2)ccc1F. The van der Waals surface area contributed by atoms with Crippen LogP contribution in [0.1, 0.15) is 42.0 Å².